The number of carbonyl (C=O) groups is 1. The zero-order chi connectivity index (χ0) is 20.2. The van der Waals surface area contributed by atoms with Crippen LogP contribution in [-0.4, -0.2) is 26.6 Å². The minimum absolute atomic E-state index is 0.115. The summed E-state index contributed by atoms with van der Waals surface area (Å²) in [5.41, 5.74) is 5.86. The molecule has 0 spiro atoms. The predicted octanol–water partition coefficient (Wildman–Crippen LogP) is 3.35. The van der Waals surface area contributed by atoms with Crippen LogP contribution in [0.3, 0.4) is 0 Å². The van der Waals surface area contributed by atoms with Gasteiger partial charge in [-0.1, -0.05) is 13.0 Å². The van der Waals surface area contributed by atoms with Gasteiger partial charge in [0.2, 0.25) is 5.88 Å². The number of rotatable bonds is 3. The molecular weight excluding hydrogens is 390 g/mol. The zero-order valence-electron chi connectivity index (χ0n) is 16.4. The maximum absolute atomic E-state index is 13.0. The molecule has 1 aliphatic heterocycles. The second kappa shape index (κ2) is 6.76. The van der Waals surface area contributed by atoms with E-state index in [2.05, 4.69) is 28.1 Å². The summed E-state index contributed by atoms with van der Waals surface area (Å²) in [6.07, 6.45) is 7.31. The third-order valence-electron chi connectivity index (χ3n) is 6.16. The van der Waals surface area contributed by atoms with E-state index in [4.69, 9.17) is 9.52 Å². The van der Waals surface area contributed by atoms with E-state index < -0.39 is 15.9 Å². The average molecular weight is 416 g/mol. The third kappa shape index (κ3) is 3.08. The van der Waals surface area contributed by atoms with Gasteiger partial charge < -0.3 is 10.1 Å². The van der Waals surface area contributed by atoms with Gasteiger partial charge in [0.15, 0.2) is 9.92 Å². The van der Waals surface area contributed by atoms with E-state index in [1.54, 1.807) is 4.68 Å². The van der Waals surface area contributed by atoms with Crippen molar-refractivity contribution in [2.75, 3.05) is 11.9 Å². The summed E-state index contributed by atoms with van der Waals surface area (Å²) < 4.78 is 30.8. The SMILES string of the molecule is C[C@@H]1CCc2cc3c(c(NC(=O)N[S@@](=N)(=O)c4cnn5c4OCCC5)c21)CCC3. The number of nitrogens with zero attached hydrogens (tertiary/aromatic N) is 2. The topological polar surface area (TPSA) is 109 Å². The van der Waals surface area contributed by atoms with Gasteiger partial charge in [0.1, 0.15) is 4.90 Å². The van der Waals surface area contributed by atoms with Crippen molar-refractivity contribution >= 4 is 21.6 Å². The fraction of sp³-hybridized carbons (Fsp3) is 0.500. The number of benzene rings is 1. The number of urea groups is 1. The van der Waals surface area contributed by atoms with Gasteiger partial charge in [-0.25, -0.2) is 23.2 Å². The maximum Gasteiger partial charge on any atom is 0.331 e. The first kappa shape index (κ1) is 18.5. The van der Waals surface area contributed by atoms with Crippen molar-refractivity contribution < 1.29 is 13.7 Å². The van der Waals surface area contributed by atoms with E-state index in [9.17, 15) is 9.00 Å². The Labute approximate surface area is 170 Å². The molecule has 0 saturated heterocycles. The summed E-state index contributed by atoms with van der Waals surface area (Å²) in [6, 6.07) is 1.68. The first-order valence-electron chi connectivity index (χ1n) is 10.2. The number of fused-ring (bicyclic) bond motifs is 3. The molecule has 29 heavy (non-hydrogen) atoms. The third-order valence-corrected chi connectivity index (χ3v) is 7.54. The Morgan fingerprint density at radius 3 is 3.03 bits per heavy atom. The summed E-state index contributed by atoms with van der Waals surface area (Å²) in [4.78, 5) is 12.9. The van der Waals surface area contributed by atoms with E-state index in [-0.39, 0.29) is 4.90 Å². The summed E-state index contributed by atoms with van der Waals surface area (Å²) in [7, 11) is -3.59. The summed E-state index contributed by atoms with van der Waals surface area (Å²) in [6.45, 7) is 3.32. The second-order valence-electron chi connectivity index (χ2n) is 8.11. The minimum atomic E-state index is -3.59. The fourth-order valence-corrected chi connectivity index (χ4v) is 5.85. The summed E-state index contributed by atoms with van der Waals surface area (Å²) in [5.74, 6) is 0.689. The molecule has 2 aromatic rings. The van der Waals surface area contributed by atoms with Crippen LogP contribution >= 0.6 is 0 Å². The van der Waals surface area contributed by atoms with Gasteiger partial charge in [-0.2, -0.15) is 5.10 Å². The average Bonchev–Trinajstić information content (AvgIpc) is 3.39. The lowest BCUT2D eigenvalue weighted by Crippen LogP contribution is -2.34. The molecule has 0 fully saturated rings. The van der Waals surface area contributed by atoms with Crippen molar-refractivity contribution in [1.29, 1.82) is 4.78 Å². The smallest absolute Gasteiger partial charge is 0.331 e. The van der Waals surface area contributed by atoms with Gasteiger partial charge in [0.25, 0.3) is 0 Å². The quantitative estimate of drug-likeness (QED) is 0.714. The van der Waals surface area contributed by atoms with Gasteiger partial charge in [0.05, 0.1) is 12.8 Å². The van der Waals surface area contributed by atoms with E-state index in [0.29, 0.717) is 24.9 Å². The predicted molar refractivity (Wildman–Crippen MR) is 109 cm³/mol. The molecule has 0 saturated carbocycles. The number of hydrogen-bond donors (Lipinski definition) is 3. The zero-order valence-corrected chi connectivity index (χ0v) is 17.2. The molecule has 3 aliphatic rings. The van der Waals surface area contributed by atoms with Crippen LogP contribution in [0.2, 0.25) is 0 Å². The lowest BCUT2D eigenvalue weighted by Gasteiger charge is -2.20. The van der Waals surface area contributed by atoms with Gasteiger partial charge in [0, 0.05) is 18.7 Å². The number of carbonyl (C=O) groups excluding carboxylic acids is 1. The normalized spacial score (nSPS) is 21.5. The molecular formula is C20H25N5O3S. The van der Waals surface area contributed by atoms with Crippen molar-refractivity contribution in [2.24, 2.45) is 0 Å². The molecule has 2 heterocycles. The van der Waals surface area contributed by atoms with Crippen LogP contribution in [0.5, 0.6) is 5.88 Å². The molecule has 9 heteroatoms. The van der Waals surface area contributed by atoms with E-state index in [1.807, 2.05) is 0 Å². The molecule has 0 bridgehead atoms. The number of anilines is 1. The minimum Gasteiger partial charge on any atom is -0.477 e. The molecule has 0 unspecified atom stereocenters. The molecule has 3 N–H and O–H groups in total. The monoisotopic (exact) mass is 415 g/mol. The first-order valence-corrected chi connectivity index (χ1v) is 11.7. The summed E-state index contributed by atoms with van der Waals surface area (Å²) in [5, 5.41) is 7.09. The van der Waals surface area contributed by atoms with Gasteiger partial charge in [-0.3, -0.25) is 0 Å². The van der Waals surface area contributed by atoms with E-state index >= 15 is 0 Å². The number of amides is 2. The Kier molecular flexibility index (Phi) is 4.31. The lowest BCUT2D eigenvalue weighted by atomic mass is 9.95. The fourth-order valence-electron chi connectivity index (χ4n) is 4.82. The van der Waals surface area contributed by atoms with Crippen molar-refractivity contribution in [1.82, 2.24) is 14.5 Å². The largest absolute Gasteiger partial charge is 0.477 e. The molecule has 1 aromatic carbocycles. The second-order valence-corrected chi connectivity index (χ2v) is 9.86. The van der Waals surface area contributed by atoms with Crippen molar-refractivity contribution in [3.63, 3.8) is 0 Å². The highest BCUT2D eigenvalue weighted by molar-refractivity contribution is 7.91. The van der Waals surface area contributed by atoms with Crippen molar-refractivity contribution in [2.45, 2.75) is 62.8 Å². The number of ether oxygens (including phenoxy) is 1. The molecule has 2 aliphatic carbocycles. The molecule has 2 amide bonds. The van der Waals surface area contributed by atoms with Crippen molar-refractivity contribution in [3.8, 4) is 5.88 Å². The van der Waals surface area contributed by atoms with Gasteiger partial charge in [-0.05, 0) is 60.3 Å². The van der Waals surface area contributed by atoms with Crippen molar-refractivity contribution in [3.05, 3.63) is 34.5 Å². The standard InChI is InChI=1S/C20H25N5O3S/c1-12-6-7-14-10-13-4-2-5-15(13)18(17(12)14)23-20(26)24-29(21,27)16-11-22-25-8-3-9-28-19(16)25/h10-12H,2-9H2,1H3,(H3,21,23,24,26,27)/t12-,29-/m1/s1. The van der Waals surface area contributed by atoms with Crippen LogP contribution in [0.4, 0.5) is 10.5 Å². The molecule has 0 radical (unpaired) electrons. The van der Waals surface area contributed by atoms with Crippen LogP contribution in [0.1, 0.15) is 54.4 Å². The Morgan fingerprint density at radius 2 is 2.17 bits per heavy atom. The Bertz CT molecular complexity index is 1110. The van der Waals surface area contributed by atoms with E-state index in [0.717, 1.165) is 44.2 Å². The number of aromatic nitrogens is 2. The first-order chi connectivity index (χ1) is 13.9. The van der Waals surface area contributed by atoms with E-state index in [1.165, 1.54) is 28.5 Å². The highest BCUT2D eigenvalue weighted by Gasteiger charge is 2.30. The Morgan fingerprint density at radius 1 is 1.31 bits per heavy atom. The molecule has 154 valence electrons. The Hall–Kier alpha value is -2.55. The number of hydrogen-bond acceptors (Lipinski definition) is 5. The van der Waals surface area contributed by atoms with Crippen LogP contribution in [0.25, 0.3) is 0 Å². The maximum atomic E-state index is 13.0. The van der Waals surface area contributed by atoms with Crippen LogP contribution in [0.15, 0.2) is 17.2 Å². The Balaban J connectivity index is 1.43. The highest BCUT2D eigenvalue weighted by atomic mass is 32.2. The number of aryl methyl sites for hydroxylation is 3. The van der Waals surface area contributed by atoms with Crippen LogP contribution in [0, 0.1) is 4.78 Å². The molecule has 1 aromatic heterocycles. The van der Waals surface area contributed by atoms with Gasteiger partial charge >= 0.3 is 6.03 Å². The molecule has 2 atom stereocenters. The molecule has 5 rings (SSSR count). The summed E-state index contributed by atoms with van der Waals surface area (Å²) >= 11 is 0. The van der Waals surface area contributed by atoms with Crippen LogP contribution < -0.4 is 14.8 Å². The molecule has 8 nitrogen and oxygen atoms in total. The lowest BCUT2D eigenvalue weighted by molar-refractivity contribution is 0.224. The van der Waals surface area contributed by atoms with Gasteiger partial charge in [-0.15, -0.1) is 0 Å². The highest BCUT2D eigenvalue weighted by Crippen LogP contribution is 2.43. The number of nitrogens with one attached hydrogen (secondary N) is 3. The van der Waals surface area contributed by atoms with Crippen LogP contribution in [-0.2, 0) is 35.7 Å².